The van der Waals surface area contributed by atoms with E-state index < -0.39 is 23.7 Å². The summed E-state index contributed by atoms with van der Waals surface area (Å²) in [4.78, 5) is 16.7. The first-order valence-electron chi connectivity index (χ1n) is 10.8. The van der Waals surface area contributed by atoms with Gasteiger partial charge in [0.1, 0.15) is 11.6 Å². The van der Waals surface area contributed by atoms with Gasteiger partial charge in [-0.1, -0.05) is 12.5 Å². The van der Waals surface area contributed by atoms with Gasteiger partial charge < -0.3 is 26.4 Å². The van der Waals surface area contributed by atoms with Crippen molar-refractivity contribution in [3.8, 4) is 6.07 Å². The van der Waals surface area contributed by atoms with Gasteiger partial charge in [-0.25, -0.2) is 0 Å². The number of guanidine groups is 1. The molecule has 1 rings (SSSR count). The molecule has 1 atom stereocenters. The van der Waals surface area contributed by atoms with Crippen LogP contribution in [0.3, 0.4) is 0 Å². The van der Waals surface area contributed by atoms with Crippen molar-refractivity contribution < 1.29 is 22.7 Å². The molecule has 0 saturated heterocycles. The largest absolute Gasteiger partial charge is 0.478 e. The standard InChI is InChI=1S/C22H32F3N7O2/c1-4-34-20(32-21(27)29-3)15(13-26)14-30-18(10-5-6-11-28-2)19(33)31-17-9-7-8-16(12-17)22(23,24)25/h7-9,12,18,28,30H,4-6,10-11,14H2,1-3H3,(H,31,33)(H3,27,29,32)/b20-15+/t18-/m0/s1. The molecule has 1 aromatic rings. The Balaban J connectivity index is 3.04. The van der Waals surface area contributed by atoms with Crippen molar-refractivity contribution in [1.82, 2.24) is 16.0 Å². The molecule has 0 aliphatic heterocycles. The van der Waals surface area contributed by atoms with Gasteiger partial charge in [0, 0.05) is 19.3 Å². The summed E-state index contributed by atoms with van der Waals surface area (Å²) in [6.45, 7) is 2.70. The third kappa shape index (κ3) is 10.1. The third-order valence-electron chi connectivity index (χ3n) is 4.65. The number of rotatable bonds is 13. The summed E-state index contributed by atoms with van der Waals surface area (Å²) in [5.74, 6) is -0.364. The van der Waals surface area contributed by atoms with Crippen molar-refractivity contribution in [2.45, 2.75) is 38.4 Å². The number of nitrogens with one attached hydrogen (secondary N) is 4. The highest BCUT2D eigenvalue weighted by Crippen LogP contribution is 2.30. The number of ether oxygens (including phenoxy) is 1. The topological polar surface area (TPSA) is 137 Å². The van der Waals surface area contributed by atoms with Crippen LogP contribution in [0.2, 0.25) is 0 Å². The van der Waals surface area contributed by atoms with E-state index in [1.54, 1.807) is 6.92 Å². The van der Waals surface area contributed by atoms with E-state index in [1.165, 1.54) is 19.2 Å². The number of halogens is 3. The van der Waals surface area contributed by atoms with Crippen LogP contribution in [0, 0.1) is 11.3 Å². The highest BCUT2D eigenvalue weighted by atomic mass is 19.4. The maximum absolute atomic E-state index is 13.0. The monoisotopic (exact) mass is 483 g/mol. The number of carbonyl (C=O) groups excluding carboxylic acids is 1. The molecule has 188 valence electrons. The van der Waals surface area contributed by atoms with Gasteiger partial charge in [0.05, 0.1) is 18.2 Å². The summed E-state index contributed by atoms with van der Waals surface area (Å²) >= 11 is 0. The van der Waals surface area contributed by atoms with Crippen molar-refractivity contribution >= 4 is 17.6 Å². The van der Waals surface area contributed by atoms with E-state index in [-0.39, 0.29) is 36.3 Å². The smallest absolute Gasteiger partial charge is 0.416 e. The number of nitrogens with zero attached hydrogens (tertiary/aromatic N) is 2. The maximum atomic E-state index is 13.0. The fraction of sp³-hybridized carbons (Fsp3) is 0.500. The Morgan fingerprint density at radius 1 is 1.32 bits per heavy atom. The second-order valence-electron chi connectivity index (χ2n) is 7.19. The minimum atomic E-state index is -4.52. The number of nitriles is 1. The number of aliphatic imine (C=N–C) groups is 1. The normalized spacial score (nSPS) is 13.5. The van der Waals surface area contributed by atoms with Crippen LogP contribution in [0.4, 0.5) is 18.9 Å². The second kappa shape index (κ2) is 14.8. The minimum absolute atomic E-state index is 0.0292. The zero-order valence-corrected chi connectivity index (χ0v) is 19.6. The van der Waals surface area contributed by atoms with Crippen molar-refractivity contribution in [2.24, 2.45) is 10.7 Å². The van der Waals surface area contributed by atoms with Crippen molar-refractivity contribution in [3.63, 3.8) is 0 Å². The van der Waals surface area contributed by atoms with Crippen LogP contribution in [0.15, 0.2) is 40.7 Å². The maximum Gasteiger partial charge on any atom is 0.416 e. The van der Waals surface area contributed by atoms with Gasteiger partial charge in [-0.2, -0.15) is 18.4 Å². The summed E-state index contributed by atoms with van der Waals surface area (Å²) in [6.07, 6.45) is -2.65. The number of anilines is 1. The van der Waals surface area contributed by atoms with Crippen LogP contribution in [0.1, 0.15) is 31.7 Å². The van der Waals surface area contributed by atoms with E-state index >= 15 is 0 Å². The molecular weight excluding hydrogens is 451 g/mol. The molecule has 1 amide bonds. The summed E-state index contributed by atoms with van der Waals surface area (Å²) in [5.41, 5.74) is 4.99. The molecule has 9 nitrogen and oxygen atoms in total. The van der Waals surface area contributed by atoms with E-state index in [0.717, 1.165) is 25.1 Å². The predicted octanol–water partition coefficient (Wildman–Crippen LogP) is 2.30. The molecule has 6 N–H and O–H groups in total. The average molecular weight is 484 g/mol. The van der Waals surface area contributed by atoms with Crippen LogP contribution in [0.5, 0.6) is 0 Å². The number of hydrogen-bond donors (Lipinski definition) is 5. The second-order valence-corrected chi connectivity index (χ2v) is 7.19. The molecule has 0 aliphatic carbocycles. The van der Waals surface area contributed by atoms with Gasteiger partial charge in [0.25, 0.3) is 0 Å². The number of unbranched alkanes of at least 4 members (excludes halogenated alkanes) is 1. The third-order valence-corrected chi connectivity index (χ3v) is 4.65. The van der Waals surface area contributed by atoms with E-state index in [0.29, 0.717) is 12.8 Å². The summed E-state index contributed by atoms with van der Waals surface area (Å²) in [5, 5.41) is 20.8. The molecule has 0 fully saturated rings. The Labute approximate surface area is 197 Å². The minimum Gasteiger partial charge on any atom is -0.478 e. The van der Waals surface area contributed by atoms with E-state index in [9.17, 15) is 23.2 Å². The van der Waals surface area contributed by atoms with Gasteiger partial charge in [-0.3, -0.25) is 15.1 Å². The molecule has 0 saturated carbocycles. The molecule has 0 aliphatic rings. The Bertz CT molecular complexity index is 895. The lowest BCUT2D eigenvalue weighted by Gasteiger charge is -2.20. The Hall–Kier alpha value is -3.30. The fourth-order valence-corrected chi connectivity index (χ4v) is 2.89. The highest BCUT2D eigenvalue weighted by molar-refractivity contribution is 5.95. The van der Waals surface area contributed by atoms with Gasteiger partial charge in [-0.05, 0) is 51.6 Å². The fourth-order valence-electron chi connectivity index (χ4n) is 2.89. The lowest BCUT2D eigenvalue weighted by atomic mass is 10.1. The van der Waals surface area contributed by atoms with E-state index in [4.69, 9.17) is 10.5 Å². The first-order valence-corrected chi connectivity index (χ1v) is 10.8. The van der Waals surface area contributed by atoms with Crippen LogP contribution >= 0.6 is 0 Å². The number of hydrogen-bond acceptors (Lipinski definition) is 6. The Morgan fingerprint density at radius 3 is 2.65 bits per heavy atom. The van der Waals surface area contributed by atoms with Crippen molar-refractivity contribution in [1.29, 1.82) is 5.26 Å². The Morgan fingerprint density at radius 2 is 2.06 bits per heavy atom. The van der Waals surface area contributed by atoms with Gasteiger partial charge in [-0.15, -0.1) is 0 Å². The molecule has 1 aromatic carbocycles. The van der Waals surface area contributed by atoms with Crippen molar-refractivity contribution in [3.05, 3.63) is 41.3 Å². The number of alkyl halides is 3. The van der Waals surface area contributed by atoms with Gasteiger partial charge in [0.2, 0.25) is 11.8 Å². The average Bonchev–Trinajstić information content (AvgIpc) is 2.80. The molecule has 0 bridgehead atoms. The lowest BCUT2D eigenvalue weighted by molar-refractivity contribution is -0.137. The number of carbonyl (C=O) groups is 1. The summed E-state index contributed by atoms with van der Waals surface area (Å²) < 4.78 is 44.5. The number of benzene rings is 1. The molecule has 0 aromatic heterocycles. The van der Waals surface area contributed by atoms with Gasteiger partial charge in [0.15, 0.2) is 5.96 Å². The summed E-state index contributed by atoms with van der Waals surface area (Å²) in [7, 11) is 3.28. The first kappa shape index (κ1) is 28.7. The van der Waals surface area contributed by atoms with Crippen LogP contribution in [0.25, 0.3) is 0 Å². The molecule has 0 radical (unpaired) electrons. The molecule has 0 spiro atoms. The summed E-state index contributed by atoms with van der Waals surface area (Å²) in [6, 6.07) is 5.66. The van der Waals surface area contributed by atoms with Crippen LogP contribution < -0.4 is 27.0 Å². The molecule has 12 heteroatoms. The first-order chi connectivity index (χ1) is 16.2. The van der Waals surface area contributed by atoms with Crippen LogP contribution in [-0.4, -0.2) is 51.7 Å². The van der Waals surface area contributed by atoms with E-state index in [2.05, 4.69) is 26.3 Å². The number of amides is 1. The lowest BCUT2D eigenvalue weighted by Crippen LogP contribution is -2.42. The Kier molecular flexibility index (Phi) is 12.5. The highest BCUT2D eigenvalue weighted by Gasteiger charge is 2.30. The number of nitrogens with two attached hydrogens (primary N) is 1. The van der Waals surface area contributed by atoms with E-state index in [1.807, 2.05) is 13.1 Å². The van der Waals surface area contributed by atoms with Crippen molar-refractivity contribution in [2.75, 3.05) is 39.1 Å². The molecular formula is C22H32F3N7O2. The SMILES string of the molecule is CCO/C(NC(N)=NC)=C(\C#N)CN[C@@H](CCCCNC)C(=O)Nc1cccc(C(F)(F)F)c1. The predicted molar refractivity (Wildman–Crippen MR) is 125 cm³/mol. The molecule has 34 heavy (non-hydrogen) atoms. The van der Waals surface area contributed by atoms with Crippen LogP contribution in [-0.2, 0) is 15.7 Å². The zero-order chi connectivity index (χ0) is 25.6. The van der Waals surface area contributed by atoms with Gasteiger partial charge >= 0.3 is 6.18 Å². The molecule has 0 unspecified atom stereocenters. The quantitative estimate of drug-likeness (QED) is 0.0955. The zero-order valence-electron chi connectivity index (χ0n) is 19.6. The molecule has 0 heterocycles.